The van der Waals surface area contributed by atoms with E-state index >= 15 is 0 Å². The molecule has 1 amide bonds. The molecule has 1 aromatic carbocycles. The predicted molar refractivity (Wildman–Crippen MR) is 108 cm³/mol. The van der Waals surface area contributed by atoms with Gasteiger partial charge in [0.25, 0.3) is 5.91 Å². The van der Waals surface area contributed by atoms with Gasteiger partial charge in [0.05, 0.1) is 12.3 Å². The largest absolute Gasteiger partial charge is 0.493 e. The van der Waals surface area contributed by atoms with Gasteiger partial charge in [-0.1, -0.05) is 0 Å². The molecule has 31 heavy (non-hydrogen) atoms. The fourth-order valence-corrected chi connectivity index (χ4v) is 4.39. The van der Waals surface area contributed by atoms with E-state index in [2.05, 4.69) is 20.4 Å². The zero-order chi connectivity index (χ0) is 21.4. The van der Waals surface area contributed by atoms with Crippen molar-refractivity contribution in [2.24, 2.45) is 0 Å². The number of hydrogen-bond donors (Lipinski definition) is 2. The van der Waals surface area contributed by atoms with Crippen LogP contribution >= 0.6 is 0 Å². The van der Waals surface area contributed by atoms with Crippen molar-refractivity contribution in [2.75, 3.05) is 19.7 Å². The number of hydrogen-bond acceptors (Lipinski definition) is 4. The van der Waals surface area contributed by atoms with Gasteiger partial charge in [0.15, 0.2) is 17.3 Å². The van der Waals surface area contributed by atoms with Crippen LogP contribution in [0.25, 0.3) is 0 Å². The summed E-state index contributed by atoms with van der Waals surface area (Å²) in [6.45, 7) is 1.62. The molecular formula is C22H23F2N5O2. The van der Waals surface area contributed by atoms with Crippen LogP contribution in [0, 0.1) is 11.6 Å². The summed E-state index contributed by atoms with van der Waals surface area (Å²) in [6, 6.07) is 5.46. The summed E-state index contributed by atoms with van der Waals surface area (Å²) < 4.78 is 31.7. The van der Waals surface area contributed by atoms with E-state index in [-0.39, 0.29) is 17.6 Å². The lowest BCUT2D eigenvalue weighted by atomic mass is 10.0. The van der Waals surface area contributed by atoms with Crippen molar-refractivity contribution < 1.29 is 18.3 Å². The number of fused-ring (bicyclic) bond motifs is 1. The summed E-state index contributed by atoms with van der Waals surface area (Å²) >= 11 is 0. The Morgan fingerprint density at radius 2 is 2.06 bits per heavy atom. The summed E-state index contributed by atoms with van der Waals surface area (Å²) in [4.78, 5) is 14.8. The smallest absolute Gasteiger partial charge is 0.274 e. The molecule has 3 heterocycles. The van der Waals surface area contributed by atoms with Crippen LogP contribution in [0.3, 0.4) is 0 Å². The number of carbonyl (C=O) groups excluding carboxylic acids is 1. The molecule has 9 heteroatoms. The Bertz CT molecular complexity index is 1110. The van der Waals surface area contributed by atoms with Crippen LogP contribution in [-0.4, -0.2) is 50.9 Å². The maximum absolute atomic E-state index is 13.2. The third kappa shape index (κ3) is 3.92. The minimum atomic E-state index is -0.929. The van der Waals surface area contributed by atoms with E-state index in [0.717, 1.165) is 60.5 Å². The Kier molecular flexibility index (Phi) is 5.17. The van der Waals surface area contributed by atoms with Gasteiger partial charge in [-0.25, -0.2) is 8.78 Å². The molecule has 0 bridgehead atoms. The van der Waals surface area contributed by atoms with E-state index in [4.69, 9.17) is 4.74 Å². The molecule has 2 aliphatic rings. The van der Waals surface area contributed by atoms with Crippen LogP contribution in [0.5, 0.6) is 5.75 Å². The number of aryl methyl sites for hydroxylation is 1. The molecule has 0 spiro atoms. The van der Waals surface area contributed by atoms with Gasteiger partial charge in [-0.2, -0.15) is 10.2 Å². The minimum Gasteiger partial charge on any atom is -0.493 e. The summed E-state index contributed by atoms with van der Waals surface area (Å²) in [7, 11) is 0. The molecule has 0 radical (unpaired) electrons. The number of H-pyrrole nitrogens is 2. The molecule has 1 fully saturated rings. The first-order valence-electron chi connectivity index (χ1n) is 10.6. The van der Waals surface area contributed by atoms with E-state index in [1.54, 1.807) is 0 Å². The summed E-state index contributed by atoms with van der Waals surface area (Å²) in [5.41, 5.74) is 4.57. The number of ether oxygens (including phenoxy) is 1. The molecule has 2 aromatic heterocycles. The van der Waals surface area contributed by atoms with E-state index in [1.807, 2.05) is 11.0 Å². The highest BCUT2D eigenvalue weighted by Gasteiger charge is 2.33. The highest BCUT2D eigenvalue weighted by molar-refractivity contribution is 5.94. The number of likely N-dealkylation sites (tertiary alicyclic amines) is 1. The Hall–Kier alpha value is -3.23. The van der Waals surface area contributed by atoms with Gasteiger partial charge in [0, 0.05) is 48.4 Å². The summed E-state index contributed by atoms with van der Waals surface area (Å²) in [6.07, 6.45) is 4.37. The van der Waals surface area contributed by atoms with Gasteiger partial charge in [-0.05, 0) is 43.9 Å². The summed E-state index contributed by atoms with van der Waals surface area (Å²) in [5, 5.41) is 14.7. The van der Waals surface area contributed by atoms with E-state index in [0.29, 0.717) is 31.8 Å². The Morgan fingerprint density at radius 3 is 2.94 bits per heavy atom. The van der Waals surface area contributed by atoms with E-state index in [9.17, 15) is 13.6 Å². The number of aromatic amines is 2. The second-order valence-electron chi connectivity index (χ2n) is 8.11. The van der Waals surface area contributed by atoms with Gasteiger partial charge in [0.1, 0.15) is 5.75 Å². The van der Waals surface area contributed by atoms with Crippen molar-refractivity contribution in [3.05, 3.63) is 64.2 Å². The highest BCUT2D eigenvalue weighted by Crippen LogP contribution is 2.29. The summed E-state index contributed by atoms with van der Waals surface area (Å²) in [5.74, 6) is -1.37. The molecule has 1 aliphatic heterocycles. The monoisotopic (exact) mass is 427 g/mol. The molecular weight excluding hydrogens is 404 g/mol. The molecule has 1 unspecified atom stereocenters. The minimum absolute atomic E-state index is 0.00223. The van der Waals surface area contributed by atoms with Gasteiger partial charge in [-0.3, -0.25) is 15.0 Å². The standard InChI is InChI=1S/C22H23F2N5O2/c23-17-5-4-15(11-18(17)24)31-9-7-14-10-20(27-25-14)13-6-8-29(12-13)22(30)21-16-2-1-3-19(16)26-28-21/h4-5,10-11,13H,1-3,6-9,12H2,(H,25,27)(H,26,28). The second-order valence-corrected chi connectivity index (χ2v) is 8.11. The lowest BCUT2D eigenvalue weighted by Crippen LogP contribution is -2.29. The lowest BCUT2D eigenvalue weighted by molar-refractivity contribution is 0.0783. The Balaban J connectivity index is 1.16. The average Bonchev–Trinajstić information content (AvgIpc) is 3.54. The Labute approximate surface area is 177 Å². The number of amides is 1. The topological polar surface area (TPSA) is 86.9 Å². The quantitative estimate of drug-likeness (QED) is 0.633. The first kappa shape index (κ1) is 19.7. The highest BCUT2D eigenvalue weighted by atomic mass is 19.2. The zero-order valence-corrected chi connectivity index (χ0v) is 17.0. The number of carbonyl (C=O) groups is 1. The van der Waals surface area contributed by atoms with Crippen LogP contribution < -0.4 is 4.74 Å². The van der Waals surface area contributed by atoms with Crippen molar-refractivity contribution in [3.8, 4) is 5.75 Å². The SMILES string of the molecule is O=C(c1n[nH]c2c1CCC2)N1CCC(c2cc(CCOc3ccc(F)c(F)c3)[nH]n2)C1. The third-order valence-electron chi connectivity index (χ3n) is 6.08. The van der Waals surface area contributed by atoms with Gasteiger partial charge in [0.2, 0.25) is 0 Å². The number of benzene rings is 1. The predicted octanol–water partition coefficient (Wildman–Crippen LogP) is 3.15. The second kappa shape index (κ2) is 8.13. The number of rotatable bonds is 6. The third-order valence-corrected chi connectivity index (χ3v) is 6.08. The maximum Gasteiger partial charge on any atom is 0.274 e. The van der Waals surface area contributed by atoms with E-state index < -0.39 is 11.6 Å². The van der Waals surface area contributed by atoms with Crippen molar-refractivity contribution >= 4 is 5.91 Å². The van der Waals surface area contributed by atoms with Crippen molar-refractivity contribution in [2.45, 2.75) is 38.0 Å². The molecule has 162 valence electrons. The molecule has 3 aromatic rings. The molecule has 2 N–H and O–H groups in total. The van der Waals surface area contributed by atoms with Gasteiger partial charge >= 0.3 is 0 Å². The normalized spacial score (nSPS) is 17.9. The molecule has 1 saturated heterocycles. The zero-order valence-electron chi connectivity index (χ0n) is 17.0. The first-order chi connectivity index (χ1) is 15.1. The fourth-order valence-electron chi connectivity index (χ4n) is 4.39. The van der Waals surface area contributed by atoms with Crippen LogP contribution in [0.4, 0.5) is 8.78 Å². The van der Waals surface area contributed by atoms with Crippen molar-refractivity contribution in [1.29, 1.82) is 0 Å². The fraction of sp³-hybridized carbons (Fsp3) is 0.409. The Morgan fingerprint density at radius 1 is 1.16 bits per heavy atom. The number of nitrogens with one attached hydrogen (secondary N) is 2. The number of nitrogens with zero attached hydrogens (tertiary/aromatic N) is 3. The molecule has 0 saturated carbocycles. The van der Waals surface area contributed by atoms with Gasteiger partial charge < -0.3 is 9.64 Å². The molecule has 5 rings (SSSR count). The van der Waals surface area contributed by atoms with Crippen molar-refractivity contribution in [3.63, 3.8) is 0 Å². The number of halogens is 2. The van der Waals surface area contributed by atoms with Crippen LogP contribution in [-0.2, 0) is 19.3 Å². The molecule has 7 nitrogen and oxygen atoms in total. The number of aromatic nitrogens is 4. The molecule has 1 aliphatic carbocycles. The lowest BCUT2D eigenvalue weighted by Gasteiger charge is -2.15. The van der Waals surface area contributed by atoms with Gasteiger partial charge in [-0.15, -0.1) is 0 Å². The average molecular weight is 427 g/mol. The maximum atomic E-state index is 13.2. The molecule has 1 atom stereocenters. The first-order valence-corrected chi connectivity index (χ1v) is 10.6. The van der Waals surface area contributed by atoms with Crippen LogP contribution in [0.1, 0.15) is 51.9 Å². The van der Waals surface area contributed by atoms with Crippen LogP contribution in [0.15, 0.2) is 24.3 Å². The van der Waals surface area contributed by atoms with Crippen LogP contribution in [0.2, 0.25) is 0 Å². The van der Waals surface area contributed by atoms with Crippen molar-refractivity contribution in [1.82, 2.24) is 25.3 Å². The van der Waals surface area contributed by atoms with E-state index in [1.165, 1.54) is 6.07 Å².